The number of rotatable bonds is 3. The molecule has 0 aromatic rings. The molecular weight excluding hydrogens is 260 g/mol. The van der Waals surface area contributed by atoms with Gasteiger partial charge in [-0.1, -0.05) is 12.8 Å². The molecule has 2 aliphatic carbocycles. The summed E-state index contributed by atoms with van der Waals surface area (Å²) in [5, 5.41) is 24.5. The lowest BCUT2D eigenvalue weighted by molar-refractivity contribution is -0.142. The Morgan fingerprint density at radius 3 is 2.15 bits per heavy atom. The van der Waals surface area contributed by atoms with E-state index in [1.165, 1.54) is 0 Å². The first kappa shape index (κ1) is 15.1. The van der Waals surface area contributed by atoms with Crippen LogP contribution in [0.25, 0.3) is 0 Å². The maximum atomic E-state index is 11.9. The minimum Gasteiger partial charge on any atom is -0.481 e. The third-order valence-electron chi connectivity index (χ3n) is 4.46. The van der Waals surface area contributed by atoms with Crippen LogP contribution >= 0.6 is 0 Å². The van der Waals surface area contributed by atoms with Crippen molar-refractivity contribution in [2.75, 3.05) is 0 Å². The van der Waals surface area contributed by atoms with Crippen LogP contribution in [0.5, 0.6) is 0 Å². The van der Waals surface area contributed by atoms with E-state index >= 15 is 0 Å². The van der Waals surface area contributed by atoms with Gasteiger partial charge in [-0.2, -0.15) is 0 Å². The Balaban J connectivity index is 1.71. The largest absolute Gasteiger partial charge is 0.481 e. The molecule has 2 amide bonds. The standard InChI is InChI=1S/C14H24N2O4/c17-12-4-2-1-3-11(12)16-14(20)15-10-7-5-9(6-8-10)13(18)19/h9-12,17H,1-8H2,(H,18,19)(H2,15,16,20)/t9?,10?,11-,12-/m1/s1. The van der Waals surface area contributed by atoms with Crippen LogP contribution in [0, 0.1) is 5.92 Å². The predicted octanol–water partition coefficient (Wildman–Crippen LogP) is 1.23. The fourth-order valence-electron chi connectivity index (χ4n) is 3.16. The van der Waals surface area contributed by atoms with E-state index in [9.17, 15) is 14.7 Å². The Morgan fingerprint density at radius 1 is 0.900 bits per heavy atom. The molecule has 0 bridgehead atoms. The van der Waals surface area contributed by atoms with Crippen LogP contribution in [0.4, 0.5) is 4.79 Å². The minimum atomic E-state index is -0.738. The molecule has 2 aliphatic rings. The SMILES string of the molecule is O=C(NC1CCC(C(=O)O)CC1)N[C@@H]1CCCC[C@H]1O. The van der Waals surface area contributed by atoms with Crippen LogP contribution in [-0.4, -0.2) is 40.4 Å². The number of carbonyl (C=O) groups excluding carboxylic acids is 1. The van der Waals surface area contributed by atoms with E-state index in [1.54, 1.807) is 0 Å². The Labute approximate surface area is 118 Å². The van der Waals surface area contributed by atoms with Gasteiger partial charge >= 0.3 is 12.0 Å². The monoisotopic (exact) mass is 284 g/mol. The number of amides is 2. The van der Waals surface area contributed by atoms with Gasteiger partial charge in [0.15, 0.2) is 0 Å². The first-order chi connectivity index (χ1) is 9.56. The molecule has 0 aliphatic heterocycles. The van der Waals surface area contributed by atoms with Crippen molar-refractivity contribution in [1.82, 2.24) is 10.6 Å². The molecule has 0 radical (unpaired) electrons. The topological polar surface area (TPSA) is 98.7 Å². The average molecular weight is 284 g/mol. The lowest BCUT2D eigenvalue weighted by Crippen LogP contribution is -2.51. The van der Waals surface area contributed by atoms with Crippen LogP contribution in [0.1, 0.15) is 51.4 Å². The number of carboxylic acid groups (broad SMARTS) is 1. The maximum Gasteiger partial charge on any atom is 0.315 e. The van der Waals surface area contributed by atoms with Gasteiger partial charge in [-0.25, -0.2) is 4.79 Å². The highest BCUT2D eigenvalue weighted by Crippen LogP contribution is 2.24. The molecule has 2 fully saturated rings. The van der Waals surface area contributed by atoms with Crippen molar-refractivity contribution in [3.63, 3.8) is 0 Å². The van der Waals surface area contributed by atoms with E-state index in [0.717, 1.165) is 25.7 Å². The molecule has 6 nitrogen and oxygen atoms in total. The normalized spacial score (nSPS) is 34.2. The third-order valence-corrected chi connectivity index (χ3v) is 4.46. The zero-order valence-electron chi connectivity index (χ0n) is 11.7. The smallest absolute Gasteiger partial charge is 0.315 e. The molecule has 0 heterocycles. The molecule has 4 N–H and O–H groups in total. The van der Waals surface area contributed by atoms with Gasteiger partial charge in [-0.15, -0.1) is 0 Å². The number of aliphatic hydroxyl groups is 1. The van der Waals surface area contributed by atoms with Gasteiger partial charge in [-0.3, -0.25) is 4.79 Å². The number of aliphatic hydroxyl groups excluding tert-OH is 1. The second-order valence-electron chi connectivity index (χ2n) is 5.96. The molecule has 2 saturated carbocycles. The van der Waals surface area contributed by atoms with E-state index in [0.29, 0.717) is 25.7 Å². The molecule has 114 valence electrons. The quantitative estimate of drug-likeness (QED) is 0.626. The van der Waals surface area contributed by atoms with Gasteiger partial charge in [0.25, 0.3) is 0 Å². The van der Waals surface area contributed by atoms with Gasteiger partial charge in [0.05, 0.1) is 18.1 Å². The summed E-state index contributed by atoms with van der Waals surface area (Å²) in [5.41, 5.74) is 0. The first-order valence-corrected chi connectivity index (χ1v) is 7.54. The van der Waals surface area contributed by atoms with Gasteiger partial charge in [0.1, 0.15) is 0 Å². The molecule has 0 unspecified atom stereocenters. The average Bonchev–Trinajstić information content (AvgIpc) is 2.42. The fraction of sp³-hybridized carbons (Fsp3) is 0.857. The van der Waals surface area contributed by atoms with Gasteiger partial charge in [0, 0.05) is 6.04 Å². The van der Waals surface area contributed by atoms with Crippen molar-refractivity contribution >= 4 is 12.0 Å². The zero-order valence-corrected chi connectivity index (χ0v) is 11.7. The first-order valence-electron chi connectivity index (χ1n) is 7.54. The fourth-order valence-corrected chi connectivity index (χ4v) is 3.16. The highest BCUT2D eigenvalue weighted by molar-refractivity contribution is 5.75. The zero-order chi connectivity index (χ0) is 14.5. The number of hydrogen-bond acceptors (Lipinski definition) is 3. The highest BCUT2D eigenvalue weighted by atomic mass is 16.4. The lowest BCUT2D eigenvalue weighted by atomic mass is 9.86. The summed E-state index contributed by atoms with van der Waals surface area (Å²) in [6, 6.07) is -0.347. The summed E-state index contributed by atoms with van der Waals surface area (Å²) < 4.78 is 0. The molecule has 0 aromatic heterocycles. The summed E-state index contributed by atoms with van der Waals surface area (Å²) in [5.74, 6) is -1.01. The van der Waals surface area contributed by atoms with Crippen molar-refractivity contribution in [2.24, 2.45) is 5.92 Å². The Morgan fingerprint density at radius 2 is 1.55 bits per heavy atom. The molecule has 0 saturated heterocycles. The molecule has 2 rings (SSSR count). The number of carboxylic acids is 1. The highest BCUT2D eigenvalue weighted by Gasteiger charge is 2.28. The summed E-state index contributed by atoms with van der Waals surface area (Å²) >= 11 is 0. The Bertz CT molecular complexity index is 353. The predicted molar refractivity (Wildman–Crippen MR) is 73.3 cm³/mol. The summed E-state index contributed by atoms with van der Waals surface area (Å²) in [4.78, 5) is 22.7. The molecule has 6 heteroatoms. The minimum absolute atomic E-state index is 0.0475. The van der Waals surface area contributed by atoms with Crippen molar-refractivity contribution in [3.05, 3.63) is 0 Å². The van der Waals surface area contributed by atoms with E-state index < -0.39 is 12.1 Å². The van der Waals surface area contributed by atoms with Crippen molar-refractivity contribution < 1.29 is 19.8 Å². The van der Waals surface area contributed by atoms with Gasteiger partial charge in [-0.05, 0) is 38.5 Å². The Hall–Kier alpha value is -1.30. The van der Waals surface area contributed by atoms with E-state index in [4.69, 9.17) is 5.11 Å². The van der Waals surface area contributed by atoms with Crippen LogP contribution < -0.4 is 10.6 Å². The van der Waals surface area contributed by atoms with Crippen LogP contribution in [-0.2, 0) is 4.79 Å². The molecular formula is C14H24N2O4. The van der Waals surface area contributed by atoms with E-state index in [-0.39, 0.29) is 24.0 Å². The van der Waals surface area contributed by atoms with Crippen LogP contribution in [0.15, 0.2) is 0 Å². The van der Waals surface area contributed by atoms with E-state index in [1.807, 2.05) is 0 Å². The lowest BCUT2D eigenvalue weighted by Gasteiger charge is -2.31. The Kier molecular flexibility index (Phi) is 5.23. The van der Waals surface area contributed by atoms with E-state index in [2.05, 4.69) is 10.6 Å². The van der Waals surface area contributed by atoms with Gasteiger partial charge in [0.2, 0.25) is 0 Å². The van der Waals surface area contributed by atoms with Crippen molar-refractivity contribution in [3.8, 4) is 0 Å². The second-order valence-corrected chi connectivity index (χ2v) is 5.96. The molecule has 0 aromatic carbocycles. The second kappa shape index (κ2) is 6.92. The summed E-state index contributed by atoms with van der Waals surface area (Å²) in [6.07, 6.45) is 5.81. The molecule has 0 spiro atoms. The molecule has 20 heavy (non-hydrogen) atoms. The van der Waals surface area contributed by atoms with Crippen LogP contribution in [0.2, 0.25) is 0 Å². The summed E-state index contributed by atoms with van der Waals surface area (Å²) in [7, 11) is 0. The number of aliphatic carboxylic acids is 1. The van der Waals surface area contributed by atoms with Crippen molar-refractivity contribution in [2.45, 2.75) is 69.6 Å². The maximum absolute atomic E-state index is 11.9. The van der Waals surface area contributed by atoms with Crippen molar-refractivity contribution in [1.29, 1.82) is 0 Å². The number of carbonyl (C=O) groups is 2. The number of urea groups is 1. The van der Waals surface area contributed by atoms with Gasteiger partial charge < -0.3 is 20.8 Å². The number of hydrogen-bond donors (Lipinski definition) is 4. The third kappa shape index (κ3) is 4.10. The van der Waals surface area contributed by atoms with Crippen LogP contribution in [0.3, 0.4) is 0 Å². The number of nitrogens with one attached hydrogen (secondary N) is 2. The molecule has 2 atom stereocenters. The summed E-state index contributed by atoms with van der Waals surface area (Å²) in [6.45, 7) is 0.